The van der Waals surface area contributed by atoms with Gasteiger partial charge in [0.25, 0.3) is 5.91 Å². The molecular formula is C24H29N5O5S2. The van der Waals surface area contributed by atoms with Gasteiger partial charge in [0.15, 0.2) is 11.0 Å². The molecule has 10 nitrogen and oxygen atoms in total. The predicted molar refractivity (Wildman–Crippen MR) is 139 cm³/mol. The highest BCUT2D eigenvalue weighted by Crippen LogP contribution is 2.34. The second kappa shape index (κ2) is 12.0. The summed E-state index contributed by atoms with van der Waals surface area (Å²) in [6.07, 6.45) is -0.363. The largest absolute Gasteiger partial charge is 0.486 e. The van der Waals surface area contributed by atoms with Crippen LogP contribution in [0.15, 0.2) is 29.4 Å². The van der Waals surface area contributed by atoms with Gasteiger partial charge in [0.2, 0.25) is 5.91 Å². The molecule has 3 N–H and O–H groups in total. The minimum atomic E-state index is -0.678. The number of aryl methyl sites for hydroxylation is 1. The van der Waals surface area contributed by atoms with Crippen LogP contribution in [0.3, 0.4) is 0 Å². The lowest BCUT2D eigenvalue weighted by molar-refractivity contribution is -0.113. The van der Waals surface area contributed by atoms with E-state index in [1.54, 1.807) is 20.8 Å². The lowest BCUT2D eigenvalue weighted by Crippen LogP contribution is -2.18. The van der Waals surface area contributed by atoms with E-state index in [4.69, 9.17) is 15.2 Å². The third-order valence-electron chi connectivity index (χ3n) is 4.97. The van der Waals surface area contributed by atoms with Gasteiger partial charge in [0.05, 0.1) is 22.3 Å². The van der Waals surface area contributed by atoms with E-state index < -0.39 is 11.9 Å². The Balaban J connectivity index is 1.68. The Hall–Kier alpha value is -3.38. The van der Waals surface area contributed by atoms with Crippen molar-refractivity contribution in [3.05, 3.63) is 51.7 Å². The van der Waals surface area contributed by atoms with Crippen molar-refractivity contribution in [1.29, 1.82) is 0 Å². The maximum atomic E-state index is 12.7. The van der Waals surface area contributed by atoms with E-state index in [9.17, 15) is 14.4 Å². The van der Waals surface area contributed by atoms with E-state index in [-0.39, 0.29) is 39.8 Å². The number of anilines is 1. The van der Waals surface area contributed by atoms with E-state index >= 15 is 0 Å². The van der Waals surface area contributed by atoms with Crippen LogP contribution in [0.4, 0.5) is 5.00 Å². The van der Waals surface area contributed by atoms with Gasteiger partial charge in [-0.25, -0.2) is 4.79 Å². The number of amides is 2. The summed E-state index contributed by atoms with van der Waals surface area (Å²) in [4.78, 5) is 37.3. The van der Waals surface area contributed by atoms with Gasteiger partial charge < -0.3 is 25.1 Å². The Kier molecular flexibility index (Phi) is 9.10. The number of ether oxygens (including phenoxy) is 2. The van der Waals surface area contributed by atoms with Crippen LogP contribution in [-0.2, 0) is 22.7 Å². The molecule has 0 aliphatic rings. The van der Waals surface area contributed by atoms with Gasteiger partial charge in [-0.1, -0.05) is 23.9 Å². The number of rotatable bonds is 11. The van der Waals surface area contributed by atoms with Gasteiger partial charge in [-0.15, -0.1) is 21.5 Å². The predicted octanol–water partition coefficient (Wildman–Crippen LogP) is 3.95. The number of thioether (sulfide) groups is 1. The van der Waals surface area contributed by atoms with Crippen LogP contribution in [0.2, 0.25) is 0 Å². The first-order valence-corrected chi connectivity index (χ1v) is 13.1. The van der Waals surface area contributed by atoms with E-state index in [0.717, 1.165) is 22.6 Å². The van der Waals surface area contributed by atoms with Crippen molar-refractivity contribution in [2.45, 2.75) is 59.0 Å². The molecule has 3 aromatic rings. The average Bonchev–Trinajstić information content (AvgIpc) is 3.35. The number of hydrogen-bond donors (Lipinski definition) is 2. The third kappa shape index (κ3) is 6.64. The van der Waals surface area contributed by atoms with Crippen LogP contribution >= 0.6 is 23.1 Å². The summed E-state index contributed by atoms with van der Waals surface area (Å²) >= 11 is 2.16. The molecule has 0 radical (unpaired) electrons. The molecule has 2 amide bonds. The van der Waals surface area contributed by atoms with Crippen LogP contribution in [0.1, 0.15) is 57.8 Å². The fourth-order valence-electron chi connectivity index (χ4n) is 3.35. The lowest BCUT2D eigenvalue weighted by Gasteiger charge is -2.11. The second-order valence-electron chi connectivity index (χ2n) is 8.16. The first-order valence-electron chi connectivity index (χ1n) is 11.3. The fraction of sp³-hybridized carbons (Fsp3) is 0.375. The van der Waals surface area contributed by atoms with Crippen LogP contribution in [0.5, 0.6) is 5.75 Å². The summed E-state index contributed by atoms with van der Waals surface area (Å²) in [5.74, 6) is -0.291. The molecule has 0 fully saturated rings. The number of carbonyl (C=O) groups excluding carboxylic acids is 3. The van der Waals surface area contributed by atoms with Crippen molar-refractivity contribution in [3.8, 4) is 5.75 Å². The molecule has 0 unspecified atom stereocenters. The molecule has 0 aliphatic carbocycles. The SMILES string of the molecule is CCn1c(COc2cccc(C)c2)nnc1SCC(=O)Nc1sc(C(N)=O)c(C)c1C(=O)OC(C)C. The summed E-state index contributed by atoms with van der Waals surface area (Å²) in [5, 5.41) is 11.9. The van der Waals surface area contributed by atoms with Crippen molar-refractivity contribution in [1.82, 2.24) is 14.8 Å². The number of nitrogens with one attached hydrogen (secondary N) is 1. The zero-order chi connectivity index (χ0) is 26.4. The molecule has 192 valence electrons. The van der Waals surface area contributed by atoms with Crippen molar-refractivity contribution >= 4 is 45.9 Å². The number of benzene rings is 1. The van der Waals surface area contributed by atoms with Gasteiger partial charge in [-0.2, -0.15) is 0 Å². The monoisotopic (exact) mass is 531 g/mol. The number of carbonyl (C=O) groups is 3. The second-order valence-corrected chi connectivity index (χ2v) is 10.1. The Morgan fingerprint density at radius 1 is 1.22 bits per heavy atom. The van der Waals surface area contributed by atoms with Crippen molar-refractivity contribution in [2.24, 2.45) is 5.73 Å². The first kappa shape index (κ1) is 27.2. The normalized spacial score (nSPS) is 10.9. The number of esters is 1. The molecule has 36 heavy (non-hydrogen) atoms. The average molecular weight is 532 g/mol. The van der Waals surface area contributed by atoms with Crippen molar-refractivity contribution in [3.63, 3.8) is 0 Å². The Morgan fingerprint density at radius 2 is 1.97 bits per heavy atom. The van der Waals surface area contributed by atoms with Gasteiger partial charge >= 0.3 is 5.97 Å². The molecule has 0 atom stereocenters. The molecule has 3 rings (SSSR count). The Morgan fingerprint density at radius 3 is 2.61 bits per heavy atom. The topological polar surface area (TPSA) is 138 Å². The summed E-state index contributed by atoms with van der Waals surface area (Å²) in [6, 6.07) is 7.72. The molecule has 0 spiro atoms. The summed E-state index contributed by atoms with van der Waals surface area (Å²) in [6.45, 7) is 9.81. The number of nitrogens with zero attached hydrogens (tertiary/aromatic N) is 3. The molecule has 0 bridgehead atoms. The zero-order valence-electron chi connectivity index (χ0n) is 20.8. The molecule has 0 saturated carbocycles. The number of aromatic nitrogens is 3. The molecule has 0 saturated heterocycles. The maximum Gasteiger partial charge on any atom is 0.341 e. The van der Waals surface area contributed by atoms with Gasteiger partial charge in [0, 0.05) is 6.54 Å². The van der Waals surface area contributed by atoms with E-state index in [0.29, 0.717) is 23.1 Å². The van der Waals surface area contributed by atoms with Crippen LogP contribution in [-0.4, -0.2) is 44.4 Å². The van der Waals surface area contributed by atoms with E-state index in [1.807, 2.05) is 42.7 Å². The molecule has 2 heterocycles. The molecule has 12 heteroatoms. The quantitative estimate of drug-likeness (QED) is 0.280. The van der Waals surface area contributed by atoms with E-state index in [1.165, 1.54) is 11.8 Å². The molecule has 0 aliphatic heterocycles. The molecule has 1 aromatic carbocycles. The maximum absolute atomic E-state index is 12.7. The van der Waals surface area contributed by atoms with Gasteiger partial charge in [0.1, 0.15) is 17.4 Å². The molecular weight excluding hydrogens is 502 g/mol. The summed E-state index contributed by atoms with van der Waals surface area (Å²) < 4.78 is 13.0. The number of thiophene rings is 1. The fourth-order valence-corrected chi connectivity index (χ4v) is 5.24. The van der Waals surface area contributed by atoms with Crippen LogP contribution in [0, 0.1) is 13.8 Å². The van der Waals surface area contributed by atoms with Crippen LogP contribution < -0.4 is 15.8 Å². The number of nitrogens with two attached hydrogens (primary N) is 1. The highest BCUT2D eigenvalue weighted by atomic mass is 32.2. The number of hydrogen-bond acceptors (Lipinski definition) is 9. The van der Waals surface area contributed by atoms with E-state index in [2.05, 4.69) is 15.5 Å². The minimum absolute atomic E-state index is 0.0123. The Labute approximate surface area is 217 Å². The zero-order valence-corrected chi connectivity index (χ0v) is 22.4. The Bertz CT molecular complexity index is 1270. The minimum Gasteiger partial charge on any atom is -0.486 e. The standard InChI is InChI=1S/C24H29N5O5S2/c1-6-29-17(11-33-16-9-7-8-14(4)10-16)27-28-24(29)35-12-18(30)26-22-19(23(32)34-13(2)3)15(5)20(36-22)21(25)31/h7-10,13H,6,11-12H2,1-5H3,(H2,25,31)(H,26,30). The summed E-state index contributed by atoms with van der Waals surface area (Å²) in [5.41, 5.74) is 7.05. The van der Waals surface area contributed by atoms with Gasteiger partial charge in [-0.05, 0) is 57.9 Å². The number of primary amides is 1. The highest BCUT2D eigenvalue weighted by Gasteiger charge is 2.26. The smallest absolute Gasteiger partial charge is 0.341 e. The molecule has 2 aromatic heterocycles. The first-order chi connectivity index (χ1) is 17.1. The third-order valence-corrected chi connectivity index (χ3v) is 7.16. The lowest BCUT2D eigenvalue weighted by atomic mass is 10.1. The van der Waals surface area contributed by atoms with Crippen LogP contribution in [0.25, 0.3) is 0 Å². The summed E-state index contributed by atoms with van der Waals surface area (Å²) in [7, 11) is 0. The van der Waals surface area contributed by atoms with Crippen molar-refractivity contribution < 1.29 is 23.9 Å². The van der Waals surface area contributed by atoms with Gasteiger partial charge in [-0.3, -0.25) is 9.59 Å². The highest BCUT2D eigenvalue weighted by molar-refractivity contribution is 7.99. The van der Waals surface area contributed by atoms with Crippen molar-refractivity contribution in [2.75, 3.05) is 11.1 Å².